The van der Waals surface area contributed by atoms with Gasteiger partial charge in [-0.05, 0) is 25.4 Å². The minimum atomic E-state index is 0.706. The van der Waals surface area contributed by atoms with Crippen LogP contribution in [0.4, 0.5) is 0 Å². The van der Waals surface area contributed by atoms with E-state index >= 15 is 0 Å². The minimum Gasteiger partial charge on any atom is -0.316 e. The summed E-state index contributed by atoms with van der Waals surface area (Å²) in [6.45, 7) is 4.59. The Balaban J connectivity index is 2.11. The van der Waals surface area contributed by atoms with Crippen molar-refractivity contribution in [3.05, 3.63) is 16.6 Å². The molecule has 1 aliphatic heterocycles. The van der Waals surface area contributed by atoms with Crippen LogP contribution >= 0.6 is 11.3 Å². The van der Waals surface area contributed by atoms with Gasteiger partial charge in [-0.15, -0.1) is 11.3 Å². The maximum Gasteiger partial charge on any atom is 0.0794 e. The highest BCUT2D eigenvalue weighted by molar-refractivity contribution is 7.07. The van der Waals surface area contributed by atoms with E-state index in [1.807, 2.05) is 5.51 Å². The van der Waals surface area contributed by atoms with Gasteiger partial charge in [0.15, 0.2) is 0 Å². The number of thiazole rings is 1. The van der Waals surface area contributed by atoms with Crippen molar-refractivity contribution in [2.24, 2.45) is 5.92 Å². The van der Waals surface area contributed by atoms with Gasteiger partial charge in [0, 0.05) is 11.3 Å². The summed E-state index contributed by atoms with van der Waals surface area (Å²) in [6, 6.07) is 0. The summed E-state index contributed by atoms with van der Waals surface area (Å²) >= 11 is 1.71. The molecule has 2 heterocycles. The normalized spacial score (nSPS) is 29.0. The molecule has 0 spiro atoms. The van der Waals surface area contributed by atoms with E-state index < -0.39 is 0 Å². The maximum atomic E-state index is 4.43. The Labute approximate surface area is 83.4 Å². The van der Waals surface area contributed by atoms with Crippen LogP contribution in [0.1, 0.15) is 31.4 Å². The van der Waals surface area contributed by atoms with E-state index in [1.165, 1.54) is 25.1 Å². The topological polar surface area (TPSA) is 24.9 Å². The van der Waals surface area contributed by atoms with Crippen molar-refractivity contribution in [2.45, 2.75) is 25.7 Å². The Kier molecular flexibility index (Phi) is 2.96. The standard InChI is InChI=1S/C10H16N2S/c1-2-8-5-11-4-3-9(8)10-6-13-7-12-10/h6-9,11H,2-5H2,1H3. The first-order valence-corrected chi connectivity index (χ1v) is 5.95. The van der Waals surface area contributed by atoms with E-state index in [9.17, 15) is 0 Å². The van der Waals surface area contributed by atoms with Crippen LogP contribution in [0.25, 0.3) is 0 Å². The molecular formula is C10H16N2S. The van der Waals surface area contributed by atoms with E-state index in [0.717, 1.165) is 12.5 Å². The van der Waals surface area contributed by atoms with Crippen LogP contribution in [-0.4, -0.2) is 18.1 Å². The molecule has 0 saturated carbocycles. The number of hydrogen-bond donors (Lipinski definition) is 1. The SMILES string of the molecule is CCC1CNCCC1c1cscn1. The highest BCUT2D eigenvalue weighted by Gasteiger charge is 2.25. The summed E-state index contributed by atoms with van der Waals surface area (Å²) in [5.41, 5.74) is 3.27. The molecule has 2 unspecified atom stereocenters. The van der Waals surface area contributed by atoms with E-state index in [-0.39, 0.29) is 0 Å². The molecule has 0 amide bonds. The molecule has 1 aromatic heterocycles. The second-order valence-corrected chi connectivity index (χ2v) is 4.40. The molecule has 0 bridgehead atoms. The number of hydrogen-bond acceptors (Lipinski definition) is 3. The quantitative estimate of drug-likeness (QED) is 0.784. The molecule has 1 fully saturated rings. The monoisotopic (exact) mass is 196 g/mol. The smallest absolute Gasteiger partial charge is 0.0794 e. The molecule has 1 aromatic rings. The van der Waals surface area contributed by atoms with Crippen molar-refractivity contribution in [1.29, 1.82) is 0 Å². The molecule has 2 atom stereocenters. The summed E-state index contributed by atoms with van der Waals surface area (Å²) in [6.07, 6.45) is 2.51. The second-order valence-electron chi connectivity index (χ2n) is 3.68. The number of rotatable bonds is 2. The third-order valence-electron chi connectivity index (χ3n) is 2.96. The van der Waals surface area contributed by atoms with Crippen LogP contribution in [0, 0.1) is 5.92 Å². The highest BCUT2D eigenvalue weighted by atomic mass is 32.1. The van der Waals surface area contributed by atoms with Gasteiger partial charge in [0.05, 0.1) is 11.2 Å². The molecule has 1 saturated heterocycles. The Bertz CT molecular complexity index is 245. The average molecular weight is 196 g/mol. The lowest BCUT2D eigenvalue weighted by Crippen LogP contribution is -2.35. The van der Waals surface area contributed by atoms with Crippen molar-refractivity contribution in [3.8, 4) is 0 Å². The van der Waals surface area contributed by atoms with Crippen LogP contribution in [0.3, 0.4) is 0 Å². The zero-order valence-corrected chi connectivity index (χ0v) is 8.81. The Morgan fingerprint density at radius 3 is 3.31 bits per heavy atom. The number of aromatic nitrogens is 1. The fraction of sp³-hybridized carbons (Fsp3) is 0.700. The number of nitrogens with one attached hydrogen (secondary N) is 1. The molecule has 0 aliphatic carbocycles. The van der Waals surface area contributed by atoms with E-state index in [2.05, 4.69) is 22.6 Å². The first kappa shape index (κ1) is 9.16. The first-order chi connectivity index (χ1) is 6.42. The second kappa shape index (κ2) is 4.20. The molecule has 3 heteroatoms. The Hall–Kier alpha value is -0.410. The van der Waals surface area contributed by atoms with Gasteiger partial charge in [-0.25, -0.2) is 4.98 Å². The van der Waals surface area contributed by atoms with Crippen molar-refractivity contribution in [2.75, 3.05) is 13.1 Å². The summed E-state index contributed by atoms with van der Waals surface area (Å²) in [5.74, 6) is 1.49. The third-order valence-corrected chi connectivity index (χ3v) is 3.57. The van der Waals surface area contributed by atoms with Gasteiger partial charge in [0.2, 0.25) is 0 Å². The zero-order valence-electron chi connectivity index (χ0n) is 7.99. The molecular weight excluding hydrogens is 180 g/mol. The summed E-state index contributed by atoms with van der Waals surface area (Å²) < 4.78 is 0. The fourth-order valence-electron chi connectivity index (χ4n) is 2.15. The number of piperidine rings is 1. The fourth-order valence-corrected chi connectivity index (χ4v) is 2.76. The van der Waals surface area contributed by atoms with Crippen LogP contribution in [0.2, 0.25) is 0 Å². The molecule has 0 radical (unpaired) electrons. The predicted octanol–water partition coefficient (Wildman–Crippen LogP) is 2.25. The lowest BCUT2D eigenvalue weighted by atomic mass is 9.83. The van der Waals surface area contributed by atoms with Gasteiger partial charge >= 0.3 is 0 Å². The molecule has 0 aromatic carbocycles. The summed E-state index contributed by atoms with van der Waals surface area (Å²) in [7, 11) is 0. The molecule has 2 rings (SSSR count). The van der Waals surface area contributed by atoms with Crippen LogP contribution in [0.15, 0.2) is 10.9 Å². The van der Waals surface area contributed by atoms with Crippen LogP contribution in [-0.2, 0) is 0 Å². The highest BCUT2D eigenvalue weighted by Crippen LogP contribution is 2.31. The Morgan fingerprint density at radius 1 is 1.69 bits per heavy atom. The van der Waals surface area contributed by atoms with Crippen LogP contribution in [0.5, 0.6) is 0 Å². The average Bonchev–Trinajstić information content (AvgIpc) is 2.70. The summed E-state index contributed by atoms with van der Waals surface area (Å²) in [4.78, 5) is 4.43. The van der Waals surface area contributed by atoms with Gasteiger partial charge in [-0.1, -0.05) is 13.3 Å². The van der Waals surface area contributed by atoms with Gasteiger partial charge in [0.1, 0.15) is 0 Å². The summed E-state index contributed by atoms with van der Waals surface area (Å²) in [5, 5.41) is 5.66. The first-order valence-electron chi connectivity index (χ1n) is 5.00. The Morgan fingerprint density at radius 2 is 2.62 bits per heavy atom. The number of nitrogens with zero attached hydrogens (tertiary/aromatic N) is 1. The van der Waals surface area contributed by atoms with Crippen LogP contribution < -0.4 is 5.32 Å². The lowest BCUT2D eigenvalue weighted by Gasteiger charge is -2.30. The van der Waals surface area contributed by atoms with E-state index in [4.69, 9.17) is 0 Å². The molecule has 1 N–H and O–H groups in total. The molecule has 72 valence electrons. The molecule has 13 heavy (non-hydrogen) atoms. The maximum absolute atomic E-state index is 4.43. The lowest BCUT2D eigenvalue weighted by molar-refractivity contribution is 0.314. The molecule has 1 aliphatic rings. The van der Waals surface area contributed by atoms with Crippen molar-refractivity contribution in [3.63, 3.8) is 0 Å². The van der Waals surface area contributed by atoms with Gasteiger partial charge in [-0.2, -0.15) is 0 Å². The van der Waals surface area contributed by atoms with Gasteiger partial charge in [0.25, 0.3) is 0 Å². The van der Waals surface area contributed by atoms with Crippen molar-refractivity contribution >= 4 is 11.3 Å². The predicted molar refractivity (Wildman–Crippen MR) is 56.1 cm³/mol. The van der Waals surface area contributed by atoms with E-state index in [0.29, 0.717) is 5.92 Å². The zero-order chi connectivity index (χ0) is 9.10. The largest absolute Gasteiger partial charge is 0.316 e. The van der Waals surface area contributed by atoms with Gasteiger partial charge in [-0.3, -0.25) is 0 Å². The van der Waals surface area contributed by atoms with E-state index in [1.54, 1.807) is 11.3 Å². The van der Waals surface area contributed by atoms with Crippen molar-refractivity contribution < 1.29 is 0 Å². The van der Waals surface area contributed by atoms with Crippen molar-refractivity contribution in [1.82, 2.24) is 10.3 Å². The minimum absolute atomic E-state index is 0.706. The third kappa shape index (κ3) is 1.92. The van der Waals surface area contributed by atoms with Gasteiger partial charge < -0.3 is 5.32 Å². The molecule has 2 nitrogen and oxygen atoms in total.